The van der Waals surface area contributed by atoms with E-state index in [-0.39, 0.29) is 0 Å². The number of allylic oxidation sites excluding steroid dienone is 1. The highest BCUT2D eigenvalue weighted by atomic mass is 28.3. The molecule has 1 N–H and O–H groups in total. The number of rotatable bonds is 6. The van der Waals surface area contributed by atoms with Crippen LogP contribution in [0.3, 0.4) is 0 Å². The number of unbranched alkanes of at least 4 members (excludes halogenated alkanes) is 2. The summed E-state index contributed by atoms with van der Waals surface area (Å²) in [6.45, 7) is 10.9. The van der Waals surface area contributed by atoms with Gasteiger partial charge in [0.15, 0.2) is 0 Å². The first-order valence-electron chi connectivity index (χ1n) is 5.73. The van der Waals surface area contributed by atoms with Gasteiger partial charge >= 0.3 is 0 Å². The summed E-state index contributed by atoms with van der Waals surface area (Å²) in [4.78, 5) is 0. The monoisotopic (exact) mass is 214 g/mol. The summed E-state index contributed by atoms with van der Waals surface area (Å²) in [7, 11) is -1.51. The lowest BCUT2D eigenvalue weighted by atomic mass is 10.1. The molecule has 0 aliphatic carbocycles. The zero-order chi connectivity index (χ0) is 11.2. The van der Waals surface area contributed by atoms with Crippen LogP contribution in [-0.4, -0.2) is 18.4 Å². The minimum absolute atomic E-state index is 0.503. The summed E-state index contributed by atoms with van der Waals surface area (Å²) in [6.07, 6.45) is 8.52. The molecule has 0 amide bonds. The molecule has 0 saturated carbocycles. The van der Waals surface area contributed by atoms with E-state index in [2.05, 4.69) is 26.6 Å². The minimum Gasteiger partial charge on any atom is -0.389 e. The Balaban J connectivity index is 4.41. The van der Waals surface area contributed by atoms with Gasteiger partial charge in [-0.15, -0.1) is 0 Å². The maximum atomic E-state index is 10.5. The van der Waals surface area contributed by atoms with E-state index in [0.717, 1.165) is 12.8 Å². The Hall–Kier alpha value is -0.0831. The highest BCUT2D eigenvalue weighted by Crippen LogP contribution is 2.28. The summed E-state index contributed by atoms with van der Waals surface area (Å²) in [5, 5.41) is 10.0. The molecule has 0 heterocycles. The van der Waals surface area contributed by atoms with Gasteiger partial charge < -0.3 is 5.11 Å². The molecule has 0 aliphatic heterocycles. The van der Waals surface area contributed by atoms with E-state index in [9.17, 15) is 5.11 Å². The van der Waals surface area contributed by atoms with Gasteiger partial charge in [0, 0.05) is 0 Å². The second-order valence-electron chi connectivity index (χ2n) is 5.13. The average molecular weight is 214 g/mol. The molecule has 1 unspecified atom stereocenters. The summed E-state index contributed by atoms with van der Waals surface area (Å²) in [5.74, 6) is 0. The van der Waals surface area contributed by atoms with Crippen molar-refractivity contribution >= 4 is 8.07 Å². The lowest BCUT2D eigenvalue weighted by Crippen LogP contribution is -2.50. The van der Waals surface area contributed by atoms with Crippen molar-refractivity contribution in [3.63, 3.8) is 0 Å². The summed E-state index contributed by atoms with van der Waals surface area (Å²) in [5.41, 5.74) is 0. The van der Waals surface area contributed by atoms with Crippen molar-refractivity contribution in [2.75, 3.05) is 0 Å². The van der Waals surface area contributed by atoms with Crippen LogP contribution in [-0.2, 0) is 0 Å². The summed E-state index contributed by atoms with van der Waals surface area (Å²) in [6, 6.07) is 0. The Morgan fingerprint density at radius 2 is 1.79 bits per heavy atom. The lowest BCUT2D eigenvalue weighted by molar-refractivity contribution is 0.151. The Labute approximate surface area is 90.2 Å². The Morgan fingerprint density at radius 1 is 1.21 bits per heavy atom. The molecule has 84 valence electrons. The van der Waals surface area contributed by atoms with Crippen molar-refractivity contribution in [3.8, 4) is 0 Å². The quantitative estimate of drug-likeness (QED) is 0.405. The number of hydrogen-bond donors (Lipinski definition) is 1. The predicted octanol–water partition coefficient (Wildman–Crippen LogP) is 3.75. The summed E-state index contributed by atoms with van der Waals surface area (Å²) >= 11 is 0. The molecule has 2 heteroatoms. The van der Waals surface area contributed by atoms with Crippen molar-refractivity contribution < 1.29 is 5.11 Å². The Kier molecular flexibility index (Phi) is 5.68. The second-order valence-corrected chi connectivity index (χ2v) is 10.5. The van der Waals surface area contributed by atoms with E-state index >= 15 is 0 Å². The van der Waals surface area contributed by atoms with E-state index in [1.54, 1.807) is 0 Å². The number of aliphatic hydroxyl groups is 1. The fourth-order valence-corrected chi connectivity index (χ4v) is 3.22. The number of hydrogen-bond acceptors (Lipinski definition) is 1. The van der Waals surface area contributed by atoms with Crippen molar-refractivity contribution in [3.05, 3.63) is 12.2 Å². The first-order valence-corrected chi connectivity index (χ1v) is 9.23. The highest BCUT2D eigenvalue weighted by Gasteiger charge is 2.38. The van der Waals surface area contributed by atoms with E-state index in [0.29, 0.717) is 0 Å². The minimum atomic E-state index is -1.51. The third-order valence-electron chi connectivity index (χ3n) is 2.90. The van der Waals surface area contributed by atoms with Crippen LogP contribution in [0.4, 0.5) is 0 Å². The molecule has 0 aliphatic rings. The van der Waals surface area contributed by atoms with Gasteiger partial charge in [-0.2, -0.15) is 0 Å². The van der Waals surface area contributed by atoms with Crippen LogP contribution in [0, 0.1) is 0 Å². The largest absolute Gasteiger partial charge is 0.389 e. The van der Waals surface area contributed by atoms with Crippen LogP contribution < -0.4 is 0 Å². The molecule has 0 aromatic rings. The molecular formula is C12H26OSi. The van der Waals surface area contributed by atoms with Crippen molar-refractivity contribution in [2.24, 2.45) is 0 Å². The van der Waals surface area contributed by atoms with Gasteiger partial charge in [0.1, 0.15) is 0 Å². The molecule has 14 heavy (non-hydrogen) atoms. The third kappa shape index (κ3) is 3.97. The molecule has 1 atom stereocenters. The van der Waals surface area contributed by atoms with Crippen LogP contribution in [0.2, 0.25) is 19.6 Å². The molecule has 0 aromatic carbocycles. The van der Waals surface area contributed by atoms with Crippen molar-refractivity contribution in [1.82, 2.24) is 0 Å². The maximum Gasteiger partial charge on any atom is 0.0870 e. The molecular weight excluding hydrogens is 188 g/mol. The molecule has 1 nitrogen and oxygen atoms in total. The molecule has 0 saturated heterocycles. The topological polar surface area (TPSA) is 20.2 Å². The van der Waals surface area contributed by atoms with E-state index < -0.39 is 13.3 Å². The molecule has 0 radical (unpaired) electrons. The van der Waals surface area contributed by atoms with Crippen molar-refractivity contribution in [2.45, 2.75) is 64.4 Å². The van der Waals surface area contributed by atoms with Crippen LogP contribution in [0.5, 0.6) is 0 Å². The Morgan fingerprint density at radius 3 is 2.14 bits per heavy atom. The average Bonchev–Trinajstić information content (AvgIpc) is 2.03. The zero-order valence-electron chi connectivity index (χ0n) is 10.4. The van der Waals surface area contributed by atoms with Gasteiger partial charge in [-0.1, -0.05) is 58.0 Å². The molecule has 0 fully saturated rings. The van der Waals surface area contributed by atoms with E-state index in [1.807, 2.05) is 19.1 Å². The van der Waals surface area contributed by atoms with Crippen LogP contribution in [0.1, 0.15) is 39.5 Å². The standard InChI is InChI=1S/C12H26OSi/c1-6-8-9-11-12(13,10-7-2)14(3,4)5/h7,10,13H,6,8-9,11H2,1-5H3/b10-7+. The third-order valence-corrected chi connectivity index (χ3v) is 5.92. The smallest absolute Gasteiger partial charge is 0.0870 e. The Bertz CT molecular complexity index is 181. The van der Waals surface area contributed by atoms with Gasteiger partial charge in [-0.3, -0.25) is 0 Å². The predicted molar refractivity (Wildman–Crippen MR) is 67.3 cm³/mol. The first kappa shape index (κ1) is 13.9. The fraction of sp³-hybridized carbons (Fsp3) is 0.833. The van der Waals surface area contributed by atoms with Crippen LogP contribution in [0.15, 0.2) is 12.2 Å². The first-order chi connectivity index (χ1) is 6.37. The van der Waals surface area contributed by atoms with Gasteiger partial charge in [-0.05, 0) is 13.3 Å². The van der Waals surface area contributed by atoms with Gasteiger partial charge in [0.05, 0.1) is 13.3 Å². The zero-order valence-corrected chi connectivity index (χ0v) is 11.4. The molecule has 0 bridgehead atoms. The lowest BCUT2D eigenvalue weighted by Gasteiger charge is -2.36. The van der Waals surface area contributed by atoms with Crippen LogP contribution >= 0.6 is 0 Å². The van der Waals surface area contributed by atoms with Gasteiger partial charge in [-0.25, -0.2) is 0 Å². The molecule has 0 aromatic heterocycles. The van der Waals surface area contributed by atoms with E-state index in [1.165, 1.54) is 12.8 Å². The highest BCUT2D eigenvalue weighted by molar-refractivity contribution is 6.79. The van der Waals surface area contributed by atoms with Crippen molar-refractivity contribution in [1.29, 1.82) is 0 Å². The molecule has 0 spiro atoms. The molecule has 0 rings (SSSR count). The fourth-order valence-electron chi connectivity index (χ4n) is 1.63. The summed E-state index contributed by atoms with van der Waals surface area (Å²) < 4.78 is 0. The van der Waals surface area contributed by atoms with Crippen LogP contribution in [0.25, 0.3) is 0 Å². The van der Waals surface area contributed by atoms with E-state index in [4.69, 9.17) is 0 Å². The normalized spacial score (nSPS) is 17.3. The van der Waals surface area contributed by atoms with Gasteiger partial charge in [0.2, 0.25) is 0 Å². The SMILES string of the molecule is C/C=C/C(O)(CCCCC)[Si](C)(C)C. The maximum absolute atomic E-state index is 10.5. The van der Waals surface area contributed by atoms with Gasteiger partial charge in [0.25, 0.3) is 0 Å². The second kappa shape index (κ2) is 5.71.